The molecule has 0 atom stereocenters. The van der Waals surface area contributed by atoms with Gasteiger partial charge in [-0.1, -0.05) is 42.5 Å². The maximum Gasteiger partial charge on any atom is 0.419 e. The topological polar surface area (TPSA) is 72.9 Å². The summed E-state index contributed by atoms with van der Waals surface area (Å²) in [6.07, 6.45) is -2.80. The Labute approximate surface area is 225 Å². The Morgan fingerprint density at radius 3 is 2.33 bits per heavy atom. The highest BCUT2D eigenvalue weighted by molar-refractivity contribution is 7.90. The highest BCUT2D eigenvalue weighted by Gasteiger charge is 2.34. The average molecular weight is 568 g/mol. The fourth-order valence-corrected chi connectivity index (χ4v) is 4.90. The highest BCUT2D eigenvalue weighted by Crippen LogP contribution is 2.32. The monoisotopic (exact) mass is 567 g/mol. The molecule has 3 aromatic carbocycles. The second kappa shape index (κ2) is 13.1. The summed E-state index contributed by atoms with van der Waals surface area (Å²) in [4.78, 5) is 13.5. The number of esters is 1. The number of benzene rings is 3. The van der Waals surface area contributed by atoms with E-state index in [1.165, 1.54) is 30.3 Å². The van der Waals surface area contributed by atoms with E-state index >= 15 is 0 Å². The number of carbonyl (C=O) groups is 1. The predicted octanol–water partition coefficient (Wildman–Crippen LogP) is 5.55. The summed E-state index contributed by atoms with van der Waals surface area (Å²) in [5, 5.41) is 0. The van der Waals surface area contributed by atoms with Crippen LogP contribution in [0, 0.1) is 5.82 Å². The SMILES string of the molecule is COC(=O)c1ccc(OCCCN(CCc2ccccc2)Cc2cccc(C(F)(F)F)c2F)cc1S(C)(=O)=O. The van der Waals surface area contributed by atoms with Crippen molar-refractivity contribution in [3.8, 4) is 5.75 Å². The molecule has 6 nitrogen and oxygen atoms in total. The standard InChI is InChI=1S/C28H29F4NO5S/c1-37-27(34)23-13-12-22(18-25(23)39(2,35)36)38-17-7-15-33(16-14-20-8-4-3-5-9-20)19-21-10-6-11-24(26(21)29)28(30,31)32/h3-6,8-13,18H,7,14-17,19H2,1-2H3. The second-order valence-corrected chi connectivity index (χ2v) is 10.9. The number of carbonyl (C=O) groups excluding carboxylic acids is 1. The summed E-state index contributed by atoms with van der Waals surface area (Å²) in [6, 6.07) is 16.8. The lowest BCUT2D eigenvalue weighted by molar-refractivity contribution is -0.140. The van der Waals surface area contributed by atoms with Crippen LogP contribution in [-0.4, -0.2) is 52.3 Å². The van der Waals surface area contributed by atoms with E-state index < -0.39 is 33.4 Å². The summed E-state index contributed by atoms with van der Waals surface area (Å²) in [7, 11) is -2.60. The van der Waals surface area contributed by atoms with Crippen molar-refractivity contribution in [1.29, 1.82) is 0 Å². The second-order valence-electron chi connectivity index (χ2n) is 8.91. The number of rotatable bonds is 12. The minimum atomic E-state index is -4.79. The highest BCUT2D eigenvalue weighted by atomic mass is 32.2. The van der Waals surface area contributed by atoms with E-state index in [4.69, 9.17) is 4.74 Å². The van der Waals surface area contributed by atoms with Crippen molar-refractivity contribution in [2.45, 2.75) is 30.5 Å². The fourth-order valence-electron chi connectivity index (χ4n) is 4.02. The maximum absolute atomic E-state index is 14.7. The molecule has 3 rings (SSSR count). The van der Waals surface area contributed by atoms with Crippen LogP contribution >= 0.6 is 0 Å². The molecule has 0 aliphatic rings. The average Bonchev–Trinajstić information content (AvgIpc) is 2.89. The molecule has 39 heavy (non-hydrogen) atoms. The Bertz CT molecular complexity index is 1380. The summed E-state index contributed by atoms with van der Waals surface area (Å²) in [6.45, 7) is 0.954. The van der Waals surface area contributed by atoms with Crippen molar-refractivity contribution in [3.63, 3.8) is 0 Å². The molecule has 210 valence electrons. The largest absolute Gasteiger partial charge is 0.494 e. The van der Waals surface area contributed by atoms with E-state index in [0.29, 0.717) is 25.9 Å². The van der Waals surface area contributed by atoms with Crippen LogP contribution in [0.25, 0.3) is 0 Å². The molecule has 0 spiro atoms. The molecule has 0 aromatic heterocycles. The Kier molecular flexibility index (Phi) is 10.1. The van der Waals surface area contributed by atoms with Crippen molar-refractivity contribution in [1.82, 2.24) is 4.90 Å². The minimum absolute atomic E-state index is 0.0331. The summed E-state index contributed by atoms with van der Waals surface area (Å²) < 4.78 is 88.9. The van der Waals surface area contributed by atoms with Crippen LogP contribution < -0.4 is 4.74 Å². The number of methoxy groups -OCH3 is 1. The Balaban J connectivity index is 1.70. The van der Waals surface area contributed by atoms with Gasteiger partial charge < -0.3 is 9.47 Å². The lowest BCUT2D eigenvalue weighted by atomic mass is 10.1. The van der Waals surface area contributed by atoms with Gasteiger partial charge in [0.1, 0.15) is 11.6 Å². The van der Waals surface area contributed by atoms with Gasteiger partial charge >= 0.3 is 12.1 Å². The zero-order chi connectivity index (χ0) is 28.6. The van der Waals surface area contributed by atoms with Crippen LogP contribution in [0.3, 0.4) is 0 Å². The first-order valence-corrected chi connectivity index (χ1v) is 14.0. The number of sulfone groups is 1. The Morgan fingerprint density at radius 1 is 0.974 bits per heavy atom. The van der Waals surface area contributed by atoms with Crippen molar-refractivity contribution in [3.05, 3.63) is 94.8 Å². The molecule has 0 N–H and O–H groups in total. The lowest BCUT2D eigenvalue weighted by Gasteiger charge is -2.23. The predicted molar refractivity (Wildman–Crippen MR) is 138 cm³/mol. The normalized spacial score (nSPS) is 12.0. The molecule has 0 amide bonds. The van der Waals surface area contributed by atoms with Crippen LogP contribution in [-0.2, 0) is 33.7 Å². The van der Waals surface area contributed by atoms with Crippen molar-refractivity contribution in [2.75, 3.05) is 33.1 Å². The Hall–Kier alpha value is -3.44. The van der Waals surface area contributed by atoms with Gasteiger partial charge in [-0.05, 0) is 42.7 Å². The zero-order valence-electron chi connectivity index (χ0n) is 21.5. The zero-order valence-corrected chi connectivity index (χ0v) is 22.3. The van der Waals surface area contributed by atoms with Gasteiger partial charge in [-0.2, -0.15) is 13.2 Å². The molecule has 0 fully saturated rings. The van der Waals surface area contributed by atoms with Crippen LogP contribution in [0.1, 0.15) is 33.5 Å². The number of nitrogens with zero attached hydrogens (tertiary/aromatic N) is 1. The summed E-state index contributed by atoms with van der Waals surface area (Å²) >= 11 is 0. The van der Waals surface area contributed by atoms with Crippen molar-refractivity contribution < 1.29 is 40.2 Å². The lowest BCUT2D eigenvalue weighted by Crippen LogP contribution is -2.28. The van der Waals surface area contributed by atoms with Gasteiger partial charge in [0, 0.05) is 31.5 Å². The first kappa shape index (κ1) is 30.1. The third-order valence-corrected chi connectivity index (χ3v) is 7.12. The quantitative estimate of drug-likeness (QED) is 0.162. The van der Waals surface area contributed by atoms with Gasteiger partial charge in [0.05, 0.1) is 29.7 Å². The van der Waals surface area contributed by atoms with Crippen LogP contribution in [0.2, 0.25) is 0 Å². The van der Waals surface area contributed by atoms with Gasteiger partial charge in [0.15, 0.2) is 9.84 Å². The fraction of sp³-hybridized carbons (Fsp3) is 0.321. The van der Waals surface area contributed by atoms with E-state index in [-0.39, 0.29) is 34.9 Å². The van der Waals surface area contributed by atoms with Crippen LogP contribution in [0.5, 0.6) is 5.75 Å². The number of halogens is 4. The molecule has 3 aromatic rings. The molecule has 0 aliphatic heterocycles. The molecule has 0 heterocycles. The van der Waals surface area contributed by atoms with E-state index in [0.717, 1.165) is 25.0 Å². The van der Waals surface area contributed by atoms with E-state index in [2.05, 4.69) is 4.74 Å². The van der Waals surface area contributed by atoms with E-state index in [9.17, 15) is 30.8 Å². The molecule has 0 aliphatic carbocycles. The number of hydrogen-bond acceptors (Lipinski definition) is 6. The van der Waals surface area contributed by atoms with Gasteiger partial charge in [0.2, 0.25) is 0 Å². The van der Waals surface area contributed by atoms with Crippen molar-refractivity contribution >= 4 is 15.8 Å². The molecule has 0 saturated carbocycles. The molecule has 0 unspecified atom stereocenters. The molecule has 0 radical (unpaired) electrons. The van der Waals surface area contributed by atoms with Crippen LogP contribution in [0.4, 0.5) is 17.6 Å². The maximum atomic E-state index is 14.7. The smallest absolute Gasteiger partial charge is 0.419 e. The van der Waals surface area contributed by atoms with Crippen molar-refractivity contribution in [2.24, 2.45) is 0 Å². The van der Waals surface area contributed by atoms with Gasteiger partial charge in [-0.15, -0.1) is 0 Å². The van der Waals surface area contributed by atoms with Crippen LogP contribution in [0.15, 0.2) is 71.6 Å². The van der Waals surface area contributed by atoms with Gasteiger partial charge in [-0.3, -0.25) is 4.90 Å². The minimum Gasteiger partial charge on any atom is -0.494 e. The number of alkyl halides is 3. The molecule has 0 bridgehead atoms. The van der Waals surface area contributed by atoms with E-state index in [1.54, 1.807) is 0 Å². The third kappa shape index (κ3) is 8.52. The number of hydrogen-bond donors (Lipinski definition) is 0. The molecule has 0 saturated heterocycles. The number of ether oxygens (including phenoxy) is 2. The van der Waals surface area contributed by atoms with Gasteiger partial charge in [-0.25, -0.2) is 17.6 Å². The van der Waals surface area contributed by atoms with Gasteiger partial charge in [0.25, 0.3) is 0 Å². The third-order valence-electron chi connectivity index (χ3n) is 5.98. The molecule has 11 heteroatoms. The summed E-state index contributed by atoms with van der Waals surface area (Å²) in [5.74, 6) is -1.86. The summed E-state index contributed by atoms with van der Waals surface area (Å²) in [5.41, 5.74) is -0.441. The van der Waals surface area contributed by atoms with E-state index in [1.807, 2.05) is 35.2 Å². The molecular formula is C28H29F4NO5S. The first-order chi connectivity index (χ1) is 18.4. The molecular weight excluding hydrogens is 538 g/mol. The Morgan fingerprint density at radius 2 is 1.69 bits per heavy atom. The first-order valence-electron chi connectivity index (χ1n) is 12.1.